The van der Waals surface area contributed by atoms with E-state index in [0.717, 1.165) is 45.2 Å². The minimum absolute atomic E-state index is 0.526. The van der Waals surface area contributed by atoms with Gasteiger partial charge in [-0.3, -0.25) is 4.68 Å². The molecule has 1 aromatic rings. The zero-order chi connectivity index (χ0) is 14.7. The topological polar surface area (TPSA) is 61.6 Å². The fourth-order valence-corrected chi connectivity index (χ4v) is 3.65. The van der Waals surface area contributed by atoms with Crippen LogP contribution in [0.15, 0.2) is 18.5 Å². The van der Waals surface area contributed by atoms with E-state index in [1.807, 2.05) is 12.3 Å². The third kappa shape index (κ3) is 3.37. The molecule has 6 heteroatoms. The van der Waals surface area contributed by atoms with E-state index < -0.39 is 6.09 Å². The Labute approximate surface area is 125 Å². The number of likely N-dealkylation sites (tertiary alicyclic amines) is 2. The Balaban J connectivity index is 1.51. The van der Waals surface area contributed by atoms with Crippen LogP contribution in [-0.2, 0) is 0 Å². The van der Waals surface area contributed by atoms with Gasteiger partial charge in [-0.15, -0.1) is 0 Å². The summed E-state index contributed by atoms with van der Waals surface area (Å²) >= 11 is 0. The van der Waals surface area contributed by atoms with Crippen molar-refractivity contribution in [2.75, 3.05) is 26.2 Å². The highest BCUT2D eigenvalue weighted by Crippen LogP contribution is 2.26. The molecule has 0 bridgehead atoms. The van der Waals surface area contributed by atoms with Crippen molar-refractivity contribution < 1.29 is 9.90 Å². The fourth-order valence-electron chi connectivity index (χ4n) is 3.65. The van der Waals surface area contributed by atoms with E-state index in [9.17, 15) is 4.79 Å². The Hall–Kier alpha value is -1.56. The normalized spacial score (nSPS) is 25.7. The summed E-state index contributed by atoms with van der Waals surface area (Å²) in [5, 5.41) is 13.5. The van der Waals surface area contributed by atoms with E-state index in [4.69, 9.17) is 5.11 Å². The molecule has 0 aliphatic carbocycles. The second-order valence-electron chi connectivity index (χ2n) is 6.11. The van der Waals surface area contributed by atoms with E-state index in [-0.39, 0.29) is 0 Å². The highest BCUT2D eigenvalue weighted by molar-refractivity contribution is 5.64. The van der Waals surface area contributed by atoms with Gasteiger partial charge >= 0.3 is 6.09 Å². The lowest BCUT2D eigenvalue weighted by Gasteiger charge is -2.37. The summed E-state index contributed by atoms with van der Waals surface area (Å²) in [7, 11) is 0. The maximum atomic E-state index is 11.1. The Morgan fingerprint density at radius 3 is 2.48 bits per heavy atom. The summed E-state index contributed by atoms with van der Waals surface area (Å²) in [6.45, 7) is 3.57. The monoisotopic (exact) mass is 292 g/mol. The van der Waals surface area contributed by atoms with Gasteiger partial charge in [-0.2, -0.15) is 5.10 Å². The quantitative estimate of drug-likeness (QED) is 0.906. The third-order valence-electron chi connectivity index (χ3n) is 4.88. The molecule has 6 nitrogen and oxygen atoms in total. The van der Waals surface area contributed by atoms with E-state index >= 15 is 0 Å². The van der Waals surface area contributed by atoms with Gasteiger partial charge < -0.3 is 14.9 Å². The van der Waals surface area contributed by atoms with Crippen LogP contribution in [0.5, 0.6) is 0 Å². The maximum Gasteiger partial charge on any atom is 0.407 e. The molecule has 1 aromatic heterocycles. The van der Waals surface area contributed by atoms with Crippen LogP contribution in [0.2, 0.25) is 0 Å². The Bertz CT molecular complexity index is 454. The van der Waals surface area contributed by atoms with Crippen molar-refractivity contribution in [2.24, 2.45) is 0 Å². The number of hydrogen-bond acceptors (Lipinski definition) is 3. The standard InChI is InChI=1S/C15H24N4O2/c20-15(21)18-8-1-3-13(4-12-18)17-10-5-14(6-11-17)19-9-2-7-16-19/h2,7,9,13-14H,1,3-6,8,10-12H2,(H,20,21)/t13-/m1/s1. The Morgan fingerprint density at radius 2 is 1.81 bits per heavy atom. The number of piperidine rings is 1. The van der Waals surface area contributed by atoms with Crippen LogP contribution in [0.1, 0.15) is 38.1 Å². The summed E-state index contributed by atoms with van der Waals surface area (Å²) in [5.74, 6) is 0. The van der Waals surface area contributed by atoms with Gasteiger partial charge in [0.15, 0.2) is 0 Å². The fraction of sp³-hybridized carbons (Fsp3) is 0.733. The van der Waals surface area contributed by atoms with Crippen molar-refractivity contribution in [3.8, 4) is 0 Å². The molecule has 0 saturated carbocycles. The molecule has 2 aliphatic rings. The van der Waals surface area contributed by atoms with E-state index in [2.05, 4.69) is 20.9 Å². The molecule has 2 aliphatic heterocycles. The number of carboxylic acid groups (broad SMARTS) is 1. The maximum absolute atomic E-state index is 11.1. The predicted molar refractivity (Wildman–Crippen MR) is 79.3 cm³/mol. The number of nitrogens with zero attached hydrogens (tertiary/aromatic N) is 4. The van der Waals surface area contributed by atoms with Crippen LogP contribution in [0, 0.1) is 0 Å². The summed E-state index contributed by atoms with van der Waals surface area (Å²) in [6, 6.07) is 3.06. The number of amides is 1. The molecule has 2 saturated heterocycles. The Kier molecular flexibility index (Phi) is 4.43. The van der Waals surface area contributed by atoms with Crippen molar-refractivity contribution in [3.05, 3.63) is 18.5 Å². The zero-order valence-corrected chi connectivity index (χ0v) is 12.4. The van der Waals surface area contributed by atoms with Gasteiger partial charge in [0.25, 0.3) is 0 Å². The van der Waals surface area contributed by atoms with Gasteiger partial charge in [-0.25, -0.2) is 4.79 Å². The molecule has 2 fully saturated rings. The molecule has 0 spiro atoms. The summed E-state index contributed by atoms with van der Waals surface area (Å²) in [4.78, 5) is 15.2. The van der Waals surface area contributed by atoms with E-state index in [1.165, 1.54) is 0 Å². The van der Waals surface area contributed by atoms with Gasteiger partial charge in [0.05, 0.1) is 6.04 Å². The molecule has 0 unspecified atom stereocenters. The van der Waals surface area contributed by atoms with Gasteiger partial charge in [-0.05, 0) is 38.2 Å². The molecule has 0 radical (unpaired) electrons. The van der Waals surface area contributed by atoms with Gasteiger partial charge in [-0.1, -0.05) is 0 Å². The first-order valence-corrected chi connectivity index (χ1v) is 7.95. The van der Waals surface area contributed by atoms with Crippen LogP contribution in [0.25, 0.3) is 0 Å². The van der Waals surface area contributed by atoms with Gasteiger partial charge in [0.2, 0.25) is 0 Å². The zero-order valence-electron chi connectivity index (χ0n) is 12.4. The third-order valence-corrected chi connectivity index (χ3v) is 4.88. The number of rotatable bonds is 2. The number of hydrogen-bond donors (Lipinski definition) is 1. The van der Waals surface area contributed by atoms with Crippen LogP contribution in [0.4, 0.5) is 4.79 Å². The molecular formula is C15H24N4O2. The van der Waals surface area contributed by atoms with E-state index in [0.29, 0.717) is 25.2 Å². The molecule has 116 valence electrons. The second-order valence-corrected chi connectivity index (χ2v) is 6.11. The van der Waals surface area contributed by atoms with Crippen molar-refractivity contribution in [1.82, 2.24) is 19.6 Å². The minimum Gasteiger partial charge on any atom is -0.465 e. The largest absolute Gasteiger partial charge is 0.465 e. The number of aromatic nitrogens is 2. The minimum atomic E-state index is -0.770. The average molecular weight is 292 g/mol. The molecular weight excluding hydrogens is 268 g/mol. The van der Waals surface area contributed by atoms with E-state index in [1.54, 1.807) is 4.90 Å². The predicted octanol–water partition coefficient (Wildman–Crippen LogP) is 2.05. The molecule has 3 heterocycles. The first-order valence-electron chi connectivity index (χ1n) is 7.95. The lowest BCUT2D eigenvalue weighted by atomic mass is 10.00. The SMILES string of the molecule is O=C(O)N1CCC[C@@H](N2CCC(n3cccn3)CC2)CC1. The van der Waals surface area contributed by atoms with Crippen molar-refractivity contribution >= 4 is 6.09 Å². The summed E-state index contributed by atoms with van der Waals surface area (Å²) in [5.41, 5.74) is 0. The number of carbonyl (C=O) groups is 1. The molecule has 1 N–H and O–H groups in total. The molecule has 21 heavy (non-hydrogen) atoms. The lowest BCUT2D eigenvalue weighted by molar-refractivity contribution is 0.117. The molecule has 1 atom stereocenters. The van der Waals surface area contributed by atoms with Crippen molar-refractivity contribution in [3.63, 3.8) is 0 Å². The summed E-state index contributed by atoms with van der Waals surface area (Å²) < 4.78 is 2.08. The van der Waals surface area contributed by atoms with Gasteiger partial charge in [0, 0.05) is 44.6 Å². The van der Waals surface area contributed by atoms with Gasteiger partial charge in [0.1, 0.15) is 0 Å². The van der Waals surface area contributed by atoms with Crippen LogP contribution < -0.4 is 0 Å². The lowest BCUT2D eigenvalue weighted by Crippen LogP contribution is -2.42. The summed E-state index contributed by atoms with van der Waals surface area (Å²) in [6.07, 6.45) is 8.48. The molecule has 3 rings (SSSR count). The van der Waals surface area contributed by atoms with Crippen molar-refractivity contribution in [2.45, 2.75) is 44.2 Å². The smallest absolute Gasteiger partial charge is 0.407 e. The molecule has 0 aromatic carbocycles. The van der Waals surface area contributed by atoms with Crippen LogP contribution in [0.3, 0.4) is 0 Å². The highest BCUT2D eigenvalue weighted by Gasteiger charge is 2.28. The Morgan fingerprint density at radius 1 is 1.05 bits per heavy atom. The van der Waals surface area contributed by atoms with Crippen LogP contribution >= 0.6 is 0 Å². The first-order chi connectivity index (χ1) is 10.2. The highest BCUT2D eigenvalue weighted by atomic mass is 16.4. The second kappa shape index (κ2) is 6.47. The molecule has 1 amide bonds. The first kappa shape index (κ1) is 14.4. The average Bonchev–Trinajstić information content (AvgIpc) is 2.91. The van der Waals surface area contributed by atoms with Crippen molar-refractivity contribution in [1.29, 1.82) is 0 Å². The van der Waals surface area contributed by atoms with Crippen LogP contribution in [-0.4, -0.2) is 63.0 Å².